The van der Waals surface area contributed by atoms with Gasteiger partial charge in [-0.1, -0.05) is 25.1 Å². The van der Waals surface area contributed by atoms with Crippen LogP contribution in [0.1, 0.15) is 47.4 Å². The number of carbonyl (C=O) groups excluding carboxylic acids is 1. The Balaban J connectivity index is 1.70. The Kier molecular flexibility index (Phi) is 7.60. The fourth-order valence-corrected chi connectivity index (χ4v) is 5.44. The van der Waals surface area contributed by atoms with Crippen LogP contribution in [0.15, 0.2) is 54.6 Å². The first-order valence-corrected chi connectivity index (χ1v) is 12.7. The lowest BCUT2D eigenvalue weighted by molar-refractivity contribution is -0.146. The lowest BCUT2D eigenvalue weighted by atomic mass is 9.79. The van der Waals surface area contributed by atoms with Crippen molar-refractivity contribution in [2.24, 2.45) is 5.92 Å². The zero-order chi connectivity index (χ0) is 26.6. The molecule has 5 rings (SSSR count). The van der Waals surface area contributed by atoms with Gasteiger partial charge in [0.2, 0.25) is 6.79 Å². The van der Waals surface area contributed by atoms with Gasteiger partial charge < -0.3 is 33.5 Å². The predicted molar refractivity (Wildman–Crippen MR) is 140 cm³/mol. The summed E-state index contributed by atoms with van der Waals surface area (Å²) in [7, 11) is 2.99. The maximum absolute atomic E-state index is 13.6. The number of hydrogen-bond acceptors (Lipinski definition) is 8. The van der Waals surface area contributed by atoms with E-state index in [-0.39, 0.29) is 31.9 Å². The maximum atomic E-state index is 13.6. The quantitative estimate of drug-likeness (QED) is 0.386. The fourth-order valence-electron chi connectivity index (χ4n) is 5.44. The summed E-state index contributed by atoms with van der Waals surface area (Å²) < 4.78 is 33.9. The molecule has 0 fully saturated rings. The third-order valence-corrected chi connectivity index (χ3v) is 7.05. The molecule has 8 nitrogen and oxygen atoms in total. The Morgan fingerprint density at radius 2 is 1.66 bits per heavy atom. The molecule has 1 aliphatic carbocycles. The topological polar surface area (TPSA) is 92.7 Å². The molecule has 1 N–H and O–H groups in total. The zero-order valence-electron chi connectivity index (χ0n) is 21.8. The number of aliphatic hydroxyl groups excluding tert-OH is 1. The number of aliphatic hydroxyl groups is 1. The smallest absolute Gasteiger partial charge is 0.310 e. The summed E-state index contributed by atoms with van der Waals surface area (Å²) in [6, 6.07) is 17.3. The number of esters is 1. The van der Waals surface area contributed by atoms with Gasteiger partial charge in [-0.25, -0.2) is 0 Å². The van der Waals surface area contributed by atoms with Crippen molar-refractivity contribution in [3.63, 3.8) is 0 Å². The first-order chi connectivity index (χ1) is 18.6. The van der Waals surface area contributed by atoms with Crippen molar-refractivity contribution in [2.45, 2.75) is 25.2 Å². The van der Waals surface area contributed by atoms with Crippen molar-refractivity contribution in [3.05, 3.63) is 76.9 Å². The van der Waals surface area contributed by atoms with E-state index in [0.717, 1.165) is 34.4 Å². The minimum absolute atomic E-state index is 0.105. The molecule has 0 amide bonds. The molecular formula is C30H32O8. The second-order valence-corrected chi connectivity index (χ2v) is 9.23. The maximum Gasteiger partial charge on any atom is 0.310 e. The molecule has 0 saturated heterocycles. The van der Waals surface area contributed by atoms with Crippen LogP contribution in [0.5, 0.6) is 28.7 Å². The SMILES string of the molecule is CCCOc1ccc2c(c1)[C@H](c1ccc(OC)cc1OCCO)[C@H](C(=O)OC)[C@@H]2c1ccc2c(c1)OCO2. The Morgan fingerprint density at radius 3 is 2.42 bits per heavy atom. The standard InChI is InChI=1S/C30H32O8/c1-4-12-35-20-7-8-21-23(15-20)28(22-9-6-19(33-2)16-25(22)36-13-11-31)29(30(32)34-3)27(21)18-5-10-24-26(14-18)38-17-37-24/h5-10,14-16,27-29,31H,4,11-13,17H2,1-3H3/t27-,28+,29-/m1/s1. The molecule has 3 atom stereocenters. The minimum atomic E-state index is -0.596. The van der Waals surface area contributed by atoms with E-state index < -0.39 is 11.8 Å². The number of methoxy groups -OCH3 is 2. The highest BCUT2D eigenvalue weighted by atomic mass is 16.7. The molecule has 3 aromatic carbocycles. The van der Waals surface area contributed by atoms with E-state index in [1.807, 2.05) is 48.5 Å². The number of carbonyl (C=O) groups is 1. The van der Waals surface area contributed by atoms with Gasteiger partial charge in [0, 0.05) is 23.5 Å². The number of ether oxygens (including phenoxy) is 6. The molecule has 0 radical (unpaired) electrons. The summed E-state index contributed by atoms with van der Waals surface area (Å²) >= 11 is 0. The lowest BCUT2D eigenvalue weighted by Crippen LogP contribution is -2.26. The minimum Gasteiger partial charge on any atom is -0.497 e. The molecule has 0 unspecified atom stereocenters. The largest absolute Gasteiger partial charge is 0.497 e. The Labute approximate surface area is 222 Å². The van der Waals surface area contributed by atoms with Crippen molar-refractivity contribution in [2.75, 3.05) is 40.8 Å². The second-order valence-electron chi connectivity index (χ2n) is 9.23. The van der Waals surface area contributed by atoms with Gasteiger partial charge in [0.05, 0.1) is 33.4 Å². The highest BCUT2D eigenvalue weighted by Gasteiger charge is 2.48. The van der Waals surface area contributed by atoms with Crippen molar-refractivity contribution < 1.29 is 38.3 Å². The van der Waals surface area contributed by atoms with E-state index >= 15 is 0 Å². The van der Waals surface area contributed by atoms with Gasteiger partial charge in [0.25, 0.3) is 0 Å². The fraction of sp³-hybridized carbons (Fsp3) is 0.367. The molecule has 0 saturated carbocycles. The van der Waals surface area contributed by atoms with Crippen LogP contribution in [-0.2, 0) is 9.53 Å². The van der Waals surface area contributed by atoms with Crippen molar-refractivity contribution >= 4 is 5.97 Å². The summed E-state index contributed by atoms with van der Waals surface area (Å²) in [5.74, 6) is 1.55. The van der Waals surface area contributed by atoms with E-state index in [9.17, 15) is 9.90 Å². The highest BCUT2D eigenvalue weighted by molar-refractivity contribution is 5.80. The number of rotatable bonds is 10. The van der Waals surface area contributed by atoms with Crippen molar-refractivity contribution in [1.29, 1.82) is 0 Å². The van der Waals surface area contributed by atoms with Gasteiger partial charge in [0.1, 0.15) is 23.9 Å². The summed E-state index contributed by atoms with van der Waals surface area (Å²) in [6.45, 7) is 2.77. The Hall–Kier alpha value is -3.91. The van der Waals surface area contributed by atoms with Crippen molar-refractivity contribution in [3.8, 4) is 28.7 Å². The first-order valence-electron chi connectivity index (χ1n) is 12.7. The first kappa shape index (κ1) is 25.7. The molecule has 8 heteroatoms. The van der Waals surface area contributed by atoms with Crippen LogP contribution in [0, 0.1) is 5.92 Å². The third-order valence-electron chi connectivity index (χ3n) is 7.05. The van der Waals surface area contributed by atoms with E-state index in [1.54, 1.807) is 13.2 Å². The molecule has 3 aromatic rings. The number of hydrogen-bond donors (Lipinski definition) is 1. The molecule has 0 aromatic heterocycles. The van der Waals surface area contributed by atoms with Crippen molar-refractivity contribution in [1.82, 2.24) is 0 Å². The van der Waals surface area contributed by atoms with E-state index in [2.05, 4.69) is 6.92 Å². The van der Waals surface area contributed by atoms with Gasteiger partial charge in [-0.05, 0) is 53.4 Å². The van der Waals surface area contributed by atoms with Crippen LogP contribution in [0.3, 0.4) is 0 Å². The Morgan fingerprint density at radius 1 is 0.868 bits per heavy atom. The average molecular weight is 521 g/mol. The predicted octanol–water partition coefficient (Wildman–Crippen LogP) is 4.65. The van der Waals surface area contributed by atoms with Crippen LogP contribution in [0.2, 0.25) is 0 Å². The van der Waals surface area contributed by atoms with Gasteiger partial charge in [0.15, 0.2) is 11.5 Å². The second kappa shape index (κ2) is 11.2. The van der Waals surface area contributed by atoms with Crippen LogP contribution in [0.25, 0.3) is 0 Å². The average Bonchev–Trinajstić information content (AvgIpc) is 3.56. The van der Waals surface area contributed by atoms with Crippen LogP contribution in [-0.4, -0.2) is 51.9 Å². The van der Waals surface area contributed by atoms with Gasteiger partial charge in [-0.3, -0.25) is 4.79 Å². The van der Waals surface area contributed by atoms with Gasteiger partial charge in [-0.2, -0.15) is 0 Å². The van der Waals surface area contributed by atoms with Crippen LogP contribution < -0.4 is 23.7 Å². The van der Waals surface area contributed by atoms with Gasteiger partial charge in [-0.15, -0.1) is 0 Å². The van der Waals surface area contributed by atoms with E-state index in [4.69, 9.17) is 28.4 Å². The van der Waals surface area contributed by atoms with Gasteiger partial charge >= 0.3 is 5.97 Å². The number of fused-ring (bicyclic) bond motifs is 2. The number of benzene rings is 3. The summed E-state index contributed by atoms with van der Waals surface area (Å²) in [4.78, 5) is 13.6. The molecule has 0 spiro atoms. The van der Waals surface area contributed by atoms with E-state index in [0.29, 0.717) is 29.6 Å². The zero-order valence-corrected chi connectivity index (χ0v) is 21.8. The monoisotopic (exact) mass is 520 g/mol. The lowest BCUT2D eigenvalue weighted by Gasteiger charge is -2.26. The summed E-state index contributed by atoms with van der Waals surface area (Å²) in [5.41, 5.74) is 3.67. The molecule has 1 aliphatic heterocycles. The molecule has 38 heavy (non-hydrogen) atoms. The molecule has 1 heterocycles. The molecule has 0 bridgehead atoms. The molecular weight excluding hydrogens is 488 g/mol. The van der Waals surface area contributed by atoms with Crippen LogP contribution in [0.4, 0.5) is 0 Å². The molecule has 200 valence electrons. The van der Waals surface area contributed by atoms with E-state index in [1.165, 1.54) is 7.11 Å². The summed E-state index contributed by atoms with van der Waals surface area (Å²) in [5, 5.41) is 9.46. The molecule has 2 aliphatic rings. The van der Waals surface area contributed by atoms with Crippen LogP contribution >= 0.6 is 0 Å². The summed E-state index contributed by atoms with van der Waals surface area (Å²) in [6.07, 6.45) is 0.878. The highest BCUT2D eigenvalue weighted by Crippen LogP contribution is 2.56. The Bertz CT molecular complexity index is 1300. The third kappa shape index (κ3) is 4.72. The normalized spacial score (nSPS) is 19.1.